The van der Waals surface area contributed by atoms with E-state index in [-0.39, 0.29) is 0 Å². The summed E-state index contributed by atoms with van der Waals surface area (Å²) in [6.07, 6.45) is 0. The van der Waals surface area contributed by atoms with Crippen LogP contribution in [0.2, 0.25) is 13.1 Å². The third-order valence-electron chi connectivity index (χ3n) is 2.70. The average molecular weight is 188 g/mol. The molecule has 0 radical (unpaired) electrons. The Labute approximate surface area is 81.6 Å². The van der Waals surface area contributed by atoms with Gasteiger partial charge in [0.15, 0.2) is 0 Å². The fraction of sp³-hybridized carbons (Fsp3) is 0.250. The van der Waals surface area contributed by atoms with Gasteiger partial charge in [0, 0.05) is 0 Å². The number of benzene rings is 1. The number of allylic oxidation sites excluding steroid dienone is 1. The van der Waals surface area contributed by atoms with E-state index in [1.807, 2.05) is 0 Å². The van der Waals surface area contributed by atoms with Crippen LogP contribution in [0.25, 0.3) is 0 Å². The lowest BCUT2D eigenvalue weighted by Gasteiger charge is -2.22. The molecule has 0 amide bonds. The first-order valence-electron chi connectivity index (χ1n) is 4.51. The molecule has 68 valence electrons. The summed E-state index contributed by atoms with van der Waals surface area (Å²) in [7, 11) is -1.44. The van der Waals surface area contributed by atoms with Crippen LogP contribution in [0.15, 0.2) is 47.8 Å². The molecule has 0 nitrogen and oxygen atoms in total. The third-order valence-corrected chi connectivity index (χ3v) is 6.53. The molecule has 0 saturated carbocycles. The third kappa shape index (κ3) is 2.00. The molecule has 0 fully saturated rings. The monoisotopic (exact) mass is 188 g/mol. The van der Waals surface area contributed by atoms with Gasteiger partial charge in [-0.15, -0.1) is 5.73 Å². The first-order chi connectivity index (χ1) is 6.09. The highest BCUT2D eigenvalue weighted by Crippen LogP contribution is 2.12. The topological polar surface area (TPSA) is 0 Å². The van der Waals surface area contributed by atoms with Crippen LogP contribution in [-0.2, 0) is 0 Å². The Kier molecular flexibility index (Phi) is 2.92. The van der Waals surface area contributed by atoms with E-state index in [2.05, 4.69) is 62.7 Å². The summed E-state index contributed by atoms with van der Waals surface area (Å²) in [5.74, 6) is 0. The number of hydrogen-bond donors (Lipinski definition) is 0. The Morgan fingerprint density at radius 3 is 2.23 bits per heavy atom. The highest BCUT2D eigenvalue weighted by Gasteiger charge is 2.24. The normalized spacial score (nSPS) is 10.7. The van der Waals surface area contributed by atoms with Crippen LogP contribution in [0.1, 0.15) is 6.92 Å². The molecule has 0 bridgehead atoms. The first-order valence-corrected chi connectivity index (χ1v) is 7.51. The predicted molar refractivity (Wildman–Crippen MR) is 61.9 cm³/mol. The van der Waals surface area contributed by atoms with Gasteiger partial charge in [0.25, 0.3) is 0 Å². The quantitative estimate of drug-likeness (QED) is 0.494. The van der Waals surface area contributed by atoms with Gasteiger partial charge in [-0.2, -0.15) is 0 Å². The SMILES string of the molecule is C=C=C(C)[Si](C)(C)c1ccccc1. The number of hydrogen-bond acceptors (Lipinski definition) is 0. The molecular formula is C12H16Si. The maximum absolute atomic E-state index is 3.73. The second kappa shape index (κ2) is 3.78. The van der Waals surface area contributed by atoms with Crippen LogP contribution < -0.4 is 5.19 Å². The molecule has 0 aliphatic heterocycles. The molecule has 1 rings (SSSR count). The Hall–Kier alpha value is -1.04. The van der Waals surface area contributed by atoms with Crippen LogP contribution >= 0.6 is 0 Å². The van der Waals surface area contributed by atoms with E-state index in [1.54, 1.807) is 0 Å². The molecular weight excluding hydrogens is 172 g/mol. The van der Waals surface area contributed by atoms with Crippen LogP contribution in [0.3, 0.4) is 0 Å². The minimum Gasteiger partial charge on any atom is -0.134 e. The molecule has 0 spiro atoms. The molecule has 0 aromatic heterocycles. The molecule has 0 saturated heterocycles. The molecule has 1 aromatic rings. The first kappa shape index (κ1) is 10.0. The van der Waals surface area contributed by atoms with Gasteiger partial charge in [0.2, 0.25) is 0 Å². The lowest BCUT2D eigenvalue weighted by atomic mass is 10.4. The lowest BCUT2D eigenvalue weighted by molar-refractivity contribution is 1.56. The van der Waals surface area contributed by atoms with E-state index in [0.29, 0.717) is 0 Å². The van der Waals surface area contributed by atoms with Crippen LogP contribution in [0, 0.1) is 0 Å². The smallest absolute Gasteiger partial charge is 0.116 e. The Morgan fingerprint density at radius 1 is 1.23 bits per heavy atom. The zero-order valence-corrected chi connectivity index (χ0v) is 9.59. The highest BCUT2D eigenvalue weighted by atomic mass is 28.3. The largest absolute Gasteiger partial charge is 0.134 e. The summed E-state index contributed by atoms with van der Waals surface area (Å²) in [5.41, 5.74) is 3.03. The fourth-order valence-corrected chi connectivity index (χ4v) is 3.19. The van der Waals surface area contributed by atoms with Gasteiger partial charge in [-0.1, -0.05) is 55.2 Å². The van der Waals surface area contributed by atoms with Crippen molar-refractivity contribution < 1.29 is 0 Å². The molecule has 0 aliphatic rings. The zero-order valence-electron chi connectivity index (χ0n) is 8.59. The van der Waals surface area contributed by atoms with Gasteiger partial charge in [0.05, 0.1) is 0 Å². The summed E-state index contributed by atoms with van der Waals surface area (Å²) < 4.78 is 0. The van der Waals surface area contributed by atoms with Crippen LogP contribution in [-0.4, -0.2) is 8.07 Å². The van der Waals surface area contributed by atoms with Gasteiger partial charge in [-0.25, -0.2) is 0 Å². The second-order valence-corrected chi connectivity index (χ2v) is 8.37. The van der Waals surface area contributed by atoms with Crippen molar-refractivity contribution >= 4 is 13.3 Å². The van der Waals surface area contributed by atoms with E-state index in [0.717, 1.165) is 0 Å². The summed E-state index contributed by atoms with van der Waals surface area (Å²) >= 11 is 0. The summed E-state index contributed by atoms with van der Waals surface area (Å²) in [6.45, 7) is 10.5. The van der Waals surface area contributed by atoms with Crippen LogP contribution in [0.4, 0.5) is 0 Å². The molecule has 13 heavy (non-hydrogen) atoms. The molecule has 0 N–H and O–H groups in total. The summed E-state index contributed by atoms with van der Waals surface area (Å²) in [5, 5.41) is 2.77. The van der Waals surface area contributed by atoms with E-state index in [9.17, 15) is 0 Å². The van der Waals surface area contributed by atoms with E-state index in [4.69, 9.17) is 0 Å². The van der Waals surface area contributed by atoms with Crippen molar-refractivity contribution in [2.45, 2.75) is 20.0 Å². The Morgan fingerprint density at radius 2 is 1.77 bits per heavy atom. The molecule has 0 atom stereocenters. The van der Waals surface area contributed by atoms with Crippen LogP contribution in [0.5, 0.6) is 0 Å². The predicted octanol–water partition coefficient (Wildman–Crippen LogP) is 2.87. The van der Waals surface area contributed by atoms with Gasteiger partial charge in [-0.3, -0.25) is 0 Å². The number of rotatable bonds is 2. The van der Waals surface area contributed by atoms with E-state index >= 15 is 0 Å². The van der Waals surface area contributed by atoms with Crippen molar-refractivity contribution in [1.29, 1.82) is 0 Å². The molecule has 0 heterocycles. The minimum absolute atomic E-state index is 1.32. The van der Waals surface area contributed by atoms with Gasteiger partial charge in [0.1, 0.15) is 8.07 Å². The van der Waals surface area contributed by atoms with Gasteiger partial charge >= 0.3 is 0 Å². The van der Waals surface area contributed by atoms with Crippen molar-refractivity contribution in [3.63, 3.8) is 0 Å². The standard InChI is InChI=1S/C12H16Si/c1-5-11(2)13(3,4)12-9-7-6-8-10-12/h6-10H,1H2,2-4H3. The highest BCUT2D eigenvalue weighted by molar-refractivity contribution is 6.95. The summed E-state index contributed by atoms with van der Waals surface area (Å²) in [6, 6.07) is 10.7. The fourth-order valence-electron chi connectivity index (χ4n) is 1.29. The Bertz CT molecular complexity index is 329. The van der Waals surface area contributed by atoms with Gasteiger partial charge < -0.3 is 0 Å². The van der Waals surface area contributed by atoms with Crippen molar-refractivity contribution in [2.24, 2.45) is 0 Å². The molecule has 0 aliphatic carbocycles. The van der Waals surface area contributed by atoms with Crippen molar-refractivity contribution in [2.75, 3.05) is 0 Å². The maximum atomic E-state index is 3.73. The minimum atomic E-state index is -1.44. The average Bonchev–Trinajstić information content (AvgIpc) is 2.18. The van der Waals surface area contributed by atoms with Crippen molar-refractivity contribution in [3.05, 3.63) is 47.8 Å². The zero-order chi connectivity index (χ0) is 9.90. The van der Waals surface area contributed by atoms with E-state index in [1.165, 1.54) is 10.4 Å². The van der Waals surface area contributed by atoms with Crippen molar-refractivity contribution in [1.82, 2.24) is 0 Å². The maximum Gasteiger partial charge on any atom is 0.116 e. The van der Waals surface area contributed by atoms with Gasteiger partial charge in [-0.05, 0) is 12.1 Å². The van der Waals surface area contributed by atoms with Crippen molar-refractivity contribution in [3.8, 4) is 0 Å². The summed E-state index contributed by atoms with van der Waals surface area (Å²) in [4.78, 5) is 0. The Balaban J connectivity index is 3.15. The molecule has 0 unspecified atom stereocenters. The lowest BCUT2D eigenvalue weighted by Crippen LogP contribution is -2.42. The second-order valence-electron chi connectivity index (χ2n) is 3.79. The van der Waals surface area contributed by atoms with E-state index < -0.39 is 8.07 Å². The molecule has 1 aromatic carbocycles. The molecule has 1 heteroatoms.